The zero-order valence-electron chi connectivity index (χ0n) is 7.23. The lowest BCUT2D eigenvalue weighted by molar-refractivity contribution is 1.03. The highest BCUT2D eigenvalue weighted by Gasteiger charge is 1.96. The molecule has 0 unspecified atom stereocenters. The number of aromatic amines is 1. The first kappa shape index (κ1) is 8.89. The van der Waals surface area contributed by atoms with Crippen molar-refractivity contribution in [2.75, 3.05) is 5.32 Å². The summed E-state index contributed by atoms with van der Waals surface area (Å²) in [7, 11) is 0. The molecule has 0 aromatic carbocycles. The molecule has 0 saturated heterocycles. The standard InChI is InChI=1S/C8H8N4OS/c13-8-12-6(4-14-8)3-10-7-1-2-9-5-11-7/h1-2,4-5H,3H2,(H,12,13)(H,9,10,11). The topological polar surface area (TPSA) is 70.7 Å². The highest BCUT2D eigenvalue weighted by Crippen LogP contribution is 2.02. The summed E-state index contributed by atoms with van der Waals surface area (Å²) >= 11 is 1.16. The van der Waals surface area contributed by atoms with Gasteiger partial charge in [-0.3, -0.25) is 4.79 Å². The Morgan fingerprint density at radius 2 is 2.50 bits per heavy atom. The summed E-state index contributed by atoms with van der Waals surface area (Å²) < 4.78 is 0. The van der Waals surface area contributed by atoms with Gasteiger partial charge in [-0.15, -0.1) is 0 Å². The maximum absolute atomic E-state index is 10.8. The molecule has 5 nitrogen and oxygen atoms in total. The average molecular weight is 208 g/mol. The zero-order valence-corrected chi connectivity index (χ0v) is 8.04. The van der Waals surface area contributed by atoms with E-state index in [0.29, 0.717) is 6.54 Å². The number of nitrogens with one attached hydrogen (secondary N) is 2. The minimum Gasteiger partial charge on any atom is -0.364 e. The largest absolute Gasteiger partial charge is 0.364 e. The number of thiazole rings is 1. The van der Waals surface area contributed by atoms with E-state index in [0.717, 1.165) is 22.8 Å². The van der Waals surface area contributed by atoms with Crippen molar-refractivity contribution in [2.24, 2.45) is 0 Å². The molecule has 0 aliphatic carbocycles. The minimum absolute atomic E-state index is 0.0375. The van der Waals surface area contributed by atoms with Crippen LogP contribution in [0.2, 0.25) is 0 Å². The van der Waals surface area contributed by atoms with Crippen LogP contribution in [-0.4, -0.2) is 15.0 Å². The van der Waals surface area contributed by atoms with Gasteiger partial charge in [0.05, 0.1) is 6.54 Å². The molecular weight excluding hydrogens is 200 g/mol. The van der Waals surface area contributed by atoms with Crippen LogP contribution in [0.4, 0.5) is 5.82 Å². The van der Waals surface area contributed by atoms with Gasteiger partial charge < -0.3 is 10.3 Å². The van der Waals surface area contributed by atoms with Crippen molar-refractivity contribution < 1.29 is 0 Å². The number of H-pyrrole nitrogens is 1. The van der Waals surface area contributed by atoms with Crippen molar-refractivity contribution in [1.29, 1.82) is 0 Å². The Labute approximate surface area is 83.9 Å². The Bertz CT molecular complexity index is 450. The third kappa shape index (κ3) is 2.17. The molecule has 0 saturated carbocycles. The van der Waals surface area contributed by atoms with E-state index in [9.17, 15) is 4.79 Å². The maximum atomic E-state index is 10.8. The number of hydrogen-bond acceptors (Lipinski definition) is 5. The van der Waals surface area contributed by atoms with Crippen molar-refractivity contribution in [1.82, 2.24) is 15.0 Å². The van der Waals surface area contributed by atoms with Crippen molar-refractivity contribution >= 4 is 17.2 Å². The summed E-state index contributed by atoms with van der Waals surface area (Å²) in [6, 6.07) is 1.77. The lowest BCUT2D eigenvalue weighted by Gasteiger charge is -2.01. The van der Waals surface area contributed by atoms with Crippen LogP contribution in [-0.2, 0) is 6.54 Å². The monoisotopic (exact) mass is 208 g/mol. The first-order valence-electron chi connectivity index (χ1n) is 4.01. The molecule has 2 aromatic heterocycles. The van der Waals surface area contributed by atoms with Crippen molar-refractivity contribution in [3.63, 3.8) is 0 Å². The van der Waals surface area contributed by atoms with E-state index in [-0.39, 0.29) is 4.87 Å². The van der Waals surface area contributed by atoms with Crippen LogP contribution in [0.5, 0.6) is 0 Å². The van der Waals surface area contributed by atoms with E-state index in [1.54, 1.807) is 17.6 Å². The van der Waals surface area contributed by atoms with Gasteiger partial charge in [-0.05, 0) is 6.07 Å². The summed E-state index contributed by atoms with van der Waals surface area (Å²) in [5.74, 6) is 0.743. The Morgan fingerprint density at radius 1 is 1.57 bits per heavy atom. The van der Waals surface area contributed by atoms with Crippen LogP contribution in [0.25, 0.3) is 0 Å². The lowest BCUT2D eigenvalue weighted by atomic mass is 10.4. The smallest absolute Gasteiger partial charge is 0.304 e. The molecule has 14 heavy (non-hydrogen) atoms. The molecule has 0 spiro atoms. The SMILES string of the molecule is O=c1[nH]c(CNc2ccncn2)cs1. The van der Waals surface area contributed by atoms with Crippen LogP contribution < -0.4 is 10.2 Å². The van der Waals surface area contributed by atoms with Crippen LogP contribution in [0.3, 0.4) is 0 Å². The maximum Gasteiger partial charge on any atom is 0.304 e. The van der Waals surface area contributed by atoms with Crippen LogP contribution >= 0.6 is 11.3 Å². The first-order valence-corrected chi connectivity index (χ1v) is 4.89. The number of anilines is 1. The average Bonchev–Trinajstić information content (AvgIpc) is 2.63. The molecule has 6 heteroatoms. The normalized spacial score (nSPS) is 10.0. The third-order valence-electron chi connectivity index (χ3n) is 1.61. The second-order valence-electron chi connectivity index (χ2n) is 2.62. The summed E-state index contributed by atoms with van der Waals surface area (Å²) in [4.78, 5) is 21.3. The number of aromatic nitrogens is 3. The summed E-state index contributed by atoms with van der Waals surface area (Å²) in [6.07, 6.45) is 3.13. The molecule has 0 bridgehead atoms. The summed E-state index contributed by atoms with van der Waals surface area (Å²) in [5.41, 5.74) is 0.860. The molecule has 0 atom stereocenters. The molecule has 2 rings (SSSR count). The van der Waals surface area contributed by atoms with E-state index in [2.05, 4.69) is 20.3 Å². The predicted octanol–water partition coefficient (Wildman–Crippen LogP) is 0.839. The molecule has 2 heterocycles. The quantitative estimate of drug-likeness (QED) is 0.784. The van der Waals surface area contributed by atoms with E-state index >= 15 is 0 Å². The summed E-state index contributed by atoms with van der Waals surface area (Å²) in [5, 5.41) is 4.85. The van der Waals surface area contributed by atoms with Gasteiger partial charge >= 0.3 is 4.87 Å². The minimum atomic E-state index is -0.0375. The van der Waals surface area contributed by atoms with Crippen molar-refractivity contribution in [2.45, 2.75) is 6.54 Å². The van der Waals surface area contributed by atoms with Gasteiger partial charge in [0.25, 0.3) is 0 Å². The van der Waals surface area contributed by atoms with E-state index in [4.69, 9.17) is 0 Å². The van der Waals surface area contributed by atoms with Crippen LogP contribution in [0.15, 0.2) is 28.8 Å². The number of rotatable bonds is 3. The molecule has 0 fully saturated rings. The number of hydrogen-bond donors (Lipinski definition) is 2. The fraction of sp³-hybridized carbons (Fsp3) is 0.125. The van der Waals surface area contributed by atoms with Gasteiger partial charge in [-0.2, -0.15) is 0 Å². The Morgan fingerprint density at radius 3 is 3.14 bits per heavy atom. The molecular formula is C8H8N4OS. The fourth-order valence-electron chi connectivity index (χ4n) is 0.982. The second kappa shape index (κ2) is 4.01. The molecule has 0 aliphatic rings. The van der Waals surface area contributed by atoms with Crippen LogP contribution in [0.1, 0.15) is 5.69 Å². The fourth-order valence-corrected chi connectivity index (χ4v) is 1.56. The lowest BCUT2D eigenvalue weighted by Crippen LogP contribution is -2.03. The Balaban J connectivity index is 1.98. The van der Waals surface area contributed by atoms with Gasteiger partial charge in [-0.1, -0.05) is 11.3 Å². The first-order chi connectivity index (χ1) is 6.84. The third-order valence-corrected chi connectivity index (χ3v) is 2.33. The van der Waals surface area contributed by atoms with Crippen molar-refractivity contribution in [3.05, 3.63) is 39.3 Å². The predicted molar refractivity (Wildman–Crippen MR) is 54.3 cm³/mol. The second-order valence-corrected chi connectivity index (χ2v) is 3.46. The van der Waals surface area contributed by atoms with E-state index < -0.39 is 0 Å². The Hall–Kier alpha value is -1.69. The molecule has 0 radical (unpaired) electrons. The zero-order chi connectivity index (χ0) is 9.80. The van der Waals surface area contributed by atoms with E-state index in [1.165, 1.54) is 6.33 Å². The summed E-state index contributed by atoms with van der Waals surface area (Å²) in [6.45, 7) is 0.565. The van der Waals surface area contributed by atoms with Crippen molar-refractivity contribution in [3.8, 4) is 0 Å². The highest BCUT2D eigenvalue weighted by molar-refractivity contribution is 7.07. The van der Waals surface area contributed by atoms with Crippen LogP contribution in [0, 0.1) is 0 Å². The number of nitrogens with zero attached hydrogens (tertiary/aromatic N) is 2. The van der Waals surface area contributed by atoms with Gasteiger partial charge in [0.2, 0.25) is 0 Å². The van der Waals surface area contributed by atoms with Gasteiger partial charge in [0.1, 0.15) is 12.1 Å². The van der Waals surface area contributed by atoms with Gasteiger partial charge in [0.15, 0.2) is 0 Å². The van der Waals surface area contributed by atoms with Gasteiger partial charge in [0, 0.05) is 17.3 Å². The molecule has 2 aromatic rings. The Kier molecular flexibility index (Phi) is 2.55. The van der Waals surface area contributed by atoms with E-state index in [1.807, 2.05) is 0 Å². The molecule has 0 aliphatic heterocycles. The molecule has 0 amide bonds. The van der Waals surface area contributed by atoms with Gasteiger partial charge in [-0.25, -0.2) is 9.97 Å². The highest BCUT2D eigenvalue weighted by atomic mass is 32.1. The molecule has 72 valence electrons. The molecule has 2 N–H and O–H groups in total.